The topological polar surface area (TPSA) is 50.7 Å². The lowest BCUT2D eigenvalue weighted by Gasteiger charge is -2.13. The number of ether oxygens (including phenoxy) is 1. The lowest BCUT2D eigenvalue weighted by Crippen LogP contribution is -2.33. The molecule has 0 aliphatic rings. The Morgan fingerprint density at radius 3 is 2.17 bits per heavy atom. The van der Waals surface area contributed by atoms with E-state index < -0.39 is 6.10 Å². The Hall–Kier alpha value is -3.18. The Bertz CT molecular complexity index is 1150. The maximum atomic E-state index is 12.4. The second-order valence-corrected chi connectivity index (χ2v) is 7.60. The van der Waals surface area contributed by atoms with Crippen LogP contribution in [0.15, 0.2) is 88.4 Å². The van der Waals surface area contributed by atoms with Gasteiger partial charge in [-0.25, -0.2) is 5.43 Å². The molecule has 0 aromatic heterocycles. The highest BCUT2D eigenvalue weighted by Gasteiger charge is 2.14. The third kappa shape index (κ3) is 4.30. The fourth-order valence-electron chi connectivity index (χ4n) is 3.21. The maximum absolute atomic E-state index is 12.4. The van der Waals surface area contributed by atoms with Gasteiger partial charge in [-0.3, -0.25) is 4.79 Å². The van der Waals surface area contributed by atoms with Crippen molar-refractivity contribution in [1.82, 2.24) is 5.43 Å². The van der Waals surface area contributed by atoms with Crippen LogP contribution in [0.5, 0.6) is 5.75 Å². The maximum Gasteiger partial charge on any atom is 0.280 e. The zero-order chi connectivity index (χ0) is 20.2. The van der Waals surface area contributed by atoms with E-state index in [0.29, 0.717) is 5.75 Å². The SMILES string of the molecule is CC(Oc1ccc(Br)cc1)C(=O)NN=Cc1c2ccccc2cc2ccccc12. The van der Waals surface area contributed by atoms with E-state index in [1.54, 1.807) is 25.3 Å². The smallest absolute Gasteiger partial charge is 0.280 e. The number of amides is 1. The molecule has 4 nitrogen and oxygen atoms in total. The minimum Gasteiger partial charge on any atom is -0.481 e. The predicted octanol–water partition coefficient (Wildman–Crippen LogP) is 5.67. The van der Waals surface area contributed by atoms with Gasteiger partial charge in [0.1, 0.15) is 5.75 Å². The number of carbonyl (C=O) groups is 1. The second kappa shape index (κ2) is 8.45. The highest BCUT2D eigenvalue weighted by atomic mass is 79.9. The molecule has 4 rings (SSSR count). The average Bonchev–Trinajstić information content (AvgIpc) is 2.74. The molecule has 4 aromatic rings. The molecule has 1 N–H and O–H groups in total. The van der Waals surface area contributed by atoms with Crippen molar-refractivity contribution in [3.8, 4) is 5.75 Å². The van der Waals surface area contributed by atoms with E-state index in [2.05, 4.69) is 56.8 Å². The lowest BCUT2D eigenvalue weighted by atomic mass is 9.97. The van der Waals surface area contributed by atoms with Crippen LogP contribution in [0.3, 0.4) is 0 Å². The van der Waals surface area contributed by atoms with Crippen molar-refractivity contribution in [2.45, 2.75) is 13.0 Å². The summed E-state index contributed by atoms with van der Waals surface area (Å²) in [6.45, 7) is 1.69. The van der Waals surface area contributed by atoms with Gasteiger partial charge in [-0.1, -0.05) is 64.5 Å². The zero-order valence-electron chi connectivity index (χ0n) is 15.8. The Morgan fingerprint density at radius 1 is 0.966 bits per heavy atom. The molecule has 0 heterocycles. The molecule has 144 valence electrons. The first-order valence-corrected chi connectivity index (χ1v) is 10.1. The molecule has 1 amide bonds. The number of hydrogen-bond donors (Lipinski definition) is 1. The number of hydrogen-bond acceptors (Lipinski definition) is 3. The van der Waals surface area contributed by atoms with Gasteiger partial charge in [0.2, 0.25) is 0 Å². The number of rotatable bonds is 5. The molecule has 1 atom stereocenters. The van der Waals surface area contributed by atoms with E-state index >= 15 is 0 Å². The highest BCUT2D eigenvalue weighted by Crippen LogP contribution is 2.27. The zero-order valence-corrected chi connectivity index (χ0v) is 17.4. The van der Waals surface area contributed by atoms with Crippen LogP contribution in [0.1, 0.15) is 12.5 Å². The highest BCUT2D eigenvalue weighted by molar-refractivity contribution is 9.10. The van der Waals surface area contributed by atoms with Gasteiger partial charge in [0.15, 0.2) is 6.10 Å². The summed E-state index contributed by atoms with van der Waals surface area (Å²) in [6.07, 6.45) is 1.03. The van der Waals surface area contributed by atoms with E-state index in [-0.39, 0.29) is 5.91 Å². The molecule has 5 heteroatoms. The van der Waals surface area contributed by atoms with Crippen LogP contribution in [0.2, 0.25) is 0 Å². The first-order valence-electron chi connectivity index (χ1n) is 9.27. The summed E-state index contributed by atoms with van der Waals surface area (Å²) in [5.74, 6) is 0.314. The number of nitrogens with zero attached hydrogens (tertiary/aromatic N) is 1. The van der Waals surface area contributed by atoms with E-state index in [1.165, 1.54) is 0 Å². The van der Waals surface area contributed by atoms with Gasteiger partial charge in [-0.05, 0) is 58.8 Å². The van der Waals surface area contributed by atoms with Crippen LogP contribution in [0, 0.1) is 0 Å². The Morgan fingerprint density at radius 2 is 1.55 bits per heavy atom. The number of halogens is 1. The number of benzene rings is 4. The summed E-state index contributed by atoms with van der Waals surface area (Å²) in [6, 6.07) is 25.8. The molecule has 0 bridgehead atoms. The monoisotopic (exact) mass is 446 g/mol. The lowest BCUT2D eigenvalue weighted by molar-refractivity contribution is -0.127. The summed E-state index contributed by atoms with van der Waals surface area (Å²) in [5.41, 5.74) is 3.56. The fourth-order valence-corrected chi connectivity index (χ4v) is 3.47. The van der Waals surface area contributed by atoms with Gasteiger partial charge in [0.05, 0.1) is 6.21 Å². The molecule has 0 aliphatic carbocycles. The molecule has 29 heavy (non-hydrogen) atoms. The number of hydrazone groups is 1. The van der Waals surface area contributed by atoms with Crippen molar-refractivity contribution in [2.24, 2.45) is 5.10 Å². The molecule has 4 aromatic carbocycles. The molecular formula is C24H19BrN2O2. The number of nitrogens with one attached hydrogen (secondary N) is 1. The largest absolute Gasteiger partial charge is 0.481 e. The quantitative estimate of drug-likeness (QED) is 0.243. The van der Waals surface area contributed by atoms with Gasteiger partial charge in [-0.15, -0.1) is 0 Å². The van der Waals surface area contributed by atoms with Crippen molar-refractivity contribution in [2.75, 3.05) is 0 Å². The van der Waals surface area contributed by atoms with Crippen LogP contribution in [0.25, 0.3) is 21.5 Å². The van der Waals surface area contributed by atoms with Crippen LogP contribution < -0.4 is 10.2 Å². The third-order valence-electron chi connectivity index (χ3n) is 4.68. The molecule has 0 aliphatic heterocycles. The molecule has 0 radical (unpaired) electrons. The molecular weight excluding hydrogens is 428 g/mol. The third-order valence-corrected chi connectivity index (χ3v) is 5.21. The van der Waals surface area contributed by atoms with E-state index in [0.717, 1.165) is 31.6 Å². The van der Waals surface area contributed by atoms with Crippen molar-refractivity contribution in [3.63, 3.8) is 0 Å². The van der Waals surface area contributed by atoms with Crippen LogP contribution in [-0.4, -0.2) is 18.2 Å². The second-order valence-electron chi connectivity index (χ2n) is 6.68. The van der Waals surface area contributed by atoms with E-state index in [4.69, 9.17) is 4.74 Å². The first kappa shape index (κ1) is 19.2. The van der Waals surface area contributed by atoms with Gasteiger partial charge in [0, 0.05) is 10.0 Å². The Kier molecular flexibility index (Phi) is 5.58. The van der Waals surface area contributed by atoms with Crippen molar-refractivity contribution in [1.29, 1.82) is 0 Å². The summed E-state index contributed by atoms with van der Waals surface area (Å²) < 4.78 is 6.62. The van der Waals surface area contributed by atoms with E-state index in [9.17, 15) is 4.79 Å². The Labute approximate surface area is 177 Å². The average molecular weight is 447 g/mol. The summed E-state index contributed by atoms with van der Waals surface area (Å²) in [4.78, 5) is 12.4. The van der Waals surface area contributed by atoms with Gasteiger partial charge in [-0.2, -0.15) is 5.10 Å². The predicted molar refractivity (Wildman–Crippen MR) is 121 cm³/mol. The molecule has 0 saturated carbocycles. The molecule has 0 fully saturated rings. The van der Waals surface area contributed by atoms with Gasteiger partial charge >= 0.3 is 0 Å². The summed E-state index contributed by atoms with van der Waals surface area (Å²) in [7, 11) is 0. The standard InChI is InChI=1S/C24H19BrN2O2/c1-16(29-20-12-10-19(25)11-13-20)24(28)27-26-15-23-21-8-4-2-6-17(21)14-18-7-3-5-9-22(18)23/h2-16H,1H3,(H,27,28). The minimum absolute atomic E-state index is 0.311. The van der Waals surface area contributed by atoms with Gasteiger partial charge < -0.3 is 4.74 Å². The molecule has 1 unspecified atom stereocenters. The van der Waals surface area contributed by atoms with Crippen LogP contribution in [-0.2, 0) is 4.79 Å². The van der Waals surface area contributed by atoms with E-state index in [1.807, 2.05) is 36.4 Å². The normalized spacial score (nSPS) is 12.3. The van der Waals surface area contributed by atoms with Crippen LogP contribution in [0.4, 0.5) is 0 Å². The van der Waals surface area contributed by atoms with Gasteiger partial charge in [0.25, 0.3) is 5.91 Å². The number of carbonyl (C=O) groups excluding carboxylic acids is 1. The number of fused-ring (bicyclic) bond motifs is 2. The van der Waals surface area contributed by atoms with Crippen molar-refractivity contribution in [3.05, 3.63) is 88.9 Å². The van der Waals surface area contributed by atoms with Crippen LogP contribution >= 0.6 is 15.9 Å². The fraction of sp³-hybridized carbons (Fsp3) is 0.0833. The molecule has 0 spiro atoms. The summed E-state index contributed by atoms with van der Waals surface area (Å²) in [5, 5.41) is 8.64. The van der Waals surface area contributed by atoms with Crippen molar-refractivity contribution >= 4 is 49.6 Å². The Balaban J connectivity index is 1.54. The summed E-state index contributed by atoms with van der Waals surface area (Å²) >= 11 is 3.38. The van der Waals surface area contributed by atoms with Crippen molar-refractivity contribution < 1.29 is 9.53 Å². The first-order chi connectivity index (χ1) is 14.1. The molecule has 0 saturated heterocycles. The minimum atomic E-state index is -0.669.